The molecular weight excluding hydrogens is 196 g/mol. The molecule has 0 saturated carbocycles. The molecule has 0 saturated heterocycles. The van der Waals surface area contributed by atoms with Gasteiger partial charge >= 0.3 is 5.76 Å². The number of hydrogen-bond acceptors (Lipinski definition) is 3. The number of nitrogens with zero attached hydrogens (tertiary/aromatic N) is 4. The van der Waals surface area contributed by atoms with Crippen molar-refractivity contribution in [3.63, 3.8) is 0 Å². The van der Waals surface area contributed by atoms with Crippen molar-refractivity contribution >= 4 is 11.1 Å². The smallest absolute Gasteiger partial charge is 0.408 e. The van der Waals surface area contributed by atoms with Gasteiger partial charge in [0, 0.05) is 12.0 Å². The number of aryl methyl sites for hydroxylation is 1. The lowest BCUT2D eigenvalue weighted by atomic mass is 10.2. The zero-order chi connectivity index (χ0) is 10.8. The SMILES string of the molecule is Cn1c(=O)oc2cc(CN=[N+]=[N-])ccc21. The zero-order valence-corrected chi connectivity index (χ0v) is 8.04. The Labute approximate surface area is 84.4 Å². The molecule has 6 nitrogen and oxygen atoms in total. The molecule has 0 bridgehead atoms. The highest BCUT2D eigenvalue weighted by molar-refractivity contribution is 5.73. The van der Waals surface area contributed by atoms with Gasteiger partial charge in [-0.3, -0.25) is 4.57 Å². The number of fused-ring (bicyclic) bond motifs is 1. The van der Waals surface area contributed by atoms with Gasteiger partial charge in [-0.2, -0.15) is 0 Å². The summed E-state index contributed by atoms with van der Waals surface area (Å²) in [6.45, 7) is 0.255. The van der Waals surface area contributed by atoms with Crippen LogP contribution in [0.15, 0.2) is 32.5 Å². The topological polar surface area (TPSA) is 83.9 Å². The number of hydrogen-bond donors (Lipinski definition) is 0. The maximum absolute atomic E-state index is 11.2. The molecule has 15 heavy (non-hydrogen) atoms. The highest BCUT2D eigenvalue weighted by atomic mass is 16.4. The number of benzene rings is 1. The van der Waals surface area contributed by atoms with Crippen molar-refractivity contribution in [2.75, 3.05) is 0 Å². The van der Waals surface area contributed by atoms with E-state index in [4.69, 9.17) is 9.95 Å². The highest BCUT2D eigenvalue weighted by Gasteiger charge is 2.05. The van der Waals surface area contributed by atoms with Crippen molar-refractivity contribution in [3.8, 4) is 0 Å². The molecule has 1 aromatic carbocycles. The lowest BCUT2D eigenvalue weighted by molar-refractivity contribution is 0.528. The van der Waals surface area contributed by atoms with Gasteiger partial charge in [0.15, 0.2) is 5.58 Å². The van der Waals surface area contributed by atoms with E-state index in [9.17, 15) is 4.79 Å². The molecule has 0 atom stereocenters. The molecule has 2 aromatic rings. The predicted molar refractivity (Wildman–Crippen MR) is 54.3 cm³/mol. The Morgan fingerprint density at radius 2 is 2.40 bits per heavy atom. The average Bonchev–Trinajstić information content (AvgIpc) is 2.52. The van der Waals surface area contributed by atoms with E-state index in [1.54, 1.807) is 25.2 Å². The summed E-state index contributed by atoms with van der Waals surface area (Å²) < 4.78 is 6.42. The Morgan fingerprint density at radius 1 is 1.60 bits per heavy atom. The first kappa shape index (κ1) is 9.36. The van der Waals surface area contributed by atoms with Crippen LogP contribution in [0.1, 0.15) is 5.56 Å². The summed E-state index contributed by atoms with van der Waals surface area (Å²) in [7, 11) is 1.64. The fourth-order valence-corrected chi connectivity index (χ4v) is 1.39. The summed E-state index contributed by atoms with van der Waals surface area (Å²) in [5.41, 5.74) is 10.2. The van der Waals surface area contributed by atoms with E-state index in [-0.39, 0.29) is 6.54 Å². The van der Waals surface area contributed by atoms with E-state index < -0.39 is 5.76 Å². The first-order valence-electron chi connectivity index (χ1n) is 4.31. The van der Waals surface area contributed by atoms with E-state index >= 15 is 0 Å². The van der Waals surface area contributed by atoms with Crippen LogP contribution in [0.2, 0.25) is 0 Å². The van der Waals surface area contributed by atoms with Crippen LogP contribution in [-0.2, 0) is 13.6 Å². The standard InChI is InChI=1S/C9H8N4O2/c1-13-7-3-2-6(5-11-12-10)4-8(7)15-9(13)14/h2-4H,5H2,1H3. The molecular formula is C9H8N4O2. The van der Waals surface area contributed by atoms with Crippen LogP contribution in [0.3, 0.4) is 0 Å². The normalized spacial score (nSPS) is 10.2. The minimum absolute atomic E-state index is 0.255. The minimum atomic E-state index is -0.397. The van der Waals surface area contributed by atoms with Crippen molar-refractivity contribution in [1.29, 1.82) is 0 Å². The van der Waals surface area contributed by atoms with E-state index in [1.807, 2.05) is 0 Å². The Bertz CT molecular complexity index is 604. The van der Waals surface area contributed by atoms with Gasteiger partial charge in [-0.15, -0.1) is 0 Å². The van der Waals surface area contributed by atoms with Gasteiger partial charge in [-0.05, 0) is 23.2 Å². The number of aromatic nitrogens is 1. The number of rotatable bonds is 2. The fourth-order valence-electron chi connectivity index (χ4n) is 1.39. The minimum Gasteiger partial charge on any atom is -0.408 e. The van der Waals surface area contributed by atoms with Crippen LogP contribution < -0.4 is 5.76 Å². The fraction of sp³-hybridized carbons (Fsp3) is 0.222. The molecule has 1 aromatic heterocycles. The van der Waals surface area contributed by atoms with Crippen LogP contribution in [0, 0.1) is 0 Å². The van der Waals surface area contributed by atoms with E-state index in [1.165, 1.54) is 4.57 Å². The average molecular weight is 204 g/mol. The van der Waals surface area contributed by atoms with Crippen LogP contribution in [-0.4, -0.2) is 4.57 Å². The number of oxazole rings is 1. The van der Waals surface area contributed by atoms with Crippen molar-refractivity contribution in [2.24, 2.45) is 12.2 Å². The van der Waals surface area contributed by atoms with E-state index in [0.717, 1.165) is 11.1 Å². The Hall–Kier alpha value is -2.20. The van der Waals surface area contributed by atoms with Crippen LogP contribution in [0.5, 0.6) is 0 Å². The predicted octanol–water partition coefficient (Wildman–Crippen LogP) is 1.94. The molecule has 0 N–H and O–H groups in total. The first-order valence-corrected chi connectivity index (χ1v) is 4.31. The van der Waals surface area contributed by atoms with Crippen molar-refractivity contribution in [3.05, 3.63) is 44.8 Å². The molecule has 0 aliphatic rings. The summed E-state index contributed by atoms with van der Waals surface area (Å²) in [5, 5.41) is 3.43. The van der Waals surface area contributed by atoms with Gasteiger partial charge in [0.2, 0.25) is 0 Å². The second-order valence-corrected chi connectivity index (χ2v) is 3.12. The Morgan fingerprint density at radius 3 is 3.13 bits per heavy atom. The third kappa shape index (κ3) is 1.58. The summed E-state index contributed by atoms with van der Waals surface area (Å²) >= 11 is 0. The first-order chi connectivity index (χ1) is 7.22. The molecule has 76 valence electrons. The summed E-state index contributed by atoms with van der Waals surface area (Å²) in [5.74, 6) is -0.397. The van der Waals surface area contributed by atoms with Gasteiger partial charge in [-0.25, -0.2) is 4.79 Å². The lowest BCUT2D eigenvalue weighted by Gasteiger charge is -1.95. The monoisotopic (exact) mass is 204 g/mol. The quantitative estimate of drug-likeness (QED) is 0.425. The molecule has 6 heteroatoms. The molecule has 0 aliphatic heterocycles. The van der Waals surface area contributed by atoms with Gasteiger partial charge in [-0.1, -0.05) is 11.2 Å². The second kappa shape index (κ2) is 3.51. The second-order valence-electron chi connectivity index (χ2n) is 3.12. The molecule has 0 radical (unpaired) electrons. The molecule has 0 amide bonds. The summed E-state index contributed by atoms with van der Waals surface area (Å²) in [6.07, 6.45) is 0. The largest absolute Gasteiger partial charge is 0.419 e. The van der Waals surface area contributed by atoms with Crippen LogP contribution in [0.4, 0.5) is 0 Å². The maximum Gasteiger partial charge on any atom is 0.419 e. The summed E-state index contributed by atoms with van der Waals surface area (Å²) in [4.78, 5) is 13.8. The van der Waals surface area contributed by atoms with Crippen molar-refractivity contribution in [1.82, 2.24) is 4.57 Å². The van der Waals surface area contributed by atoms with Crippen LogP contribution >= 0.6 is 0 Å². The number of azide groups is 1. The third-order valence-corrected chi connectivity index (χ3v) is 2.17. The maximum atomic E-state index is 11.2. The van der Waals surface area contributed by atoms with Gasteiger partial charge < -0.3 is 4.42 Å². The molecule has 0 aliphatic carbocycles. The molecule has 1 heterocycles. The Balaban J connectivity index is 2.56. The van der Waals surface area contributed by atoms with E-state index in [0.29, 0.717) is 5.58 Å². The molecule has 0 spiro atoms. The van der Waals surface area contributed by atoms with Gasteiger partial charge in [0.05, 0.1) is 12.1 Å². The zero-order valence-electron chi connectivity index (χ0n) is 8.04. The highest BCUT2D eigenvalue weighted by Crippen LogP contribution is 2.14. The lowest BCUT2D eigenvalue weighted by Crippen LogP contribution is -2.08. The van der Waals surface area contributed by atoms with Crippen LogP contribution in [0.25, 0.3) is 21.5 Å². The molecule has 0 fully saturated rings. The van der Waals surface area contributed by atoms with E-state index in [2.05, 4.69) is 10.0 Å². The summed E-state index contributed by atoms with van der Waals surface area (Å²) in [6, 6.07) is 5.26. The van der Waals surface area contributed by atoms with Crippen molar-refractivity contribution < 1.29 is 4.42 Å². The van der Waals surface area contributed by atoms with Gasteiger partial charge in [0.1, 0.15) is 0 Å². The molecule has 2 rings (SSSR count). The Kier molecular flexibility index (Phi) is 2.19. The molecule has 0 unspecified atom stereocenters. The van der Waals surface area contributed by atoms with Crippen molar-refractivity contribution in [2.45, 2.75) is 6.54 Å². The third-order valence-electron chi connectivity index (χ3n) is 2.17. The van der Waals surface area contributed by atoms with Gasteiger partial charge in [0.25, 0.3) is 0 Å².